The Balaban J connectivity index is 1.78. The van der Waals surface area contributed by atoms with Gasteiger partial charge in [-0.3, -0.25) is 4.98 Å². The van der Waals surface area contributed by atoms with E-state index in [9.17, 15) is 0 Å². The Morgan fingerprint density at radius 3 is 2.71 bits per heavy atom. The number of nitrogens with one attached hydrogen (secondary N) is 2. The van der Waals surface area contributed by atoms with Crippen LogP contribution in [0.4, 0.5) is 11.6 Å². The first-order valence-electron chi connectivity index (χ1n) is 8.13. The fourth-order valence-corrected chi connectivity index (χ4v) is 2.80. The number of rotatable bonds is 5. The predicted octanol–water partition coefficient (Wildman–Crippen LogP) is 1.54. The van der Waals surface area contributed by atoms with Crippen LogP contribution in [0.1, 0.15) is 17.0 Å². The Kier molecular flexibility index (Phi) is 5.00. The average molecular weight is 325 g/mol. The minimum atomic E-state index is 0.571. The molecule has 1 saturated heterocycles. The average Bonchev–Trinajstić information content (AvgIpc) is 2.60. The van der Waals surface area contributed by atoms with Crippen LogP contribution in [-0.2, 0) is 6.54 Å². The molecule has 7 heteroatoms. The molecule has 0 aliphatic carbocycles. The maximum Gasteiger partial charge on any atom is 0.143 e. The van der Waals surface area contributed by atoms with Crippen LogP contribution in [0.3, 0.4) is 0 Å². The fraction of sp³-hybridized carbons (Fsp3) is 0.412. The monoisotopic (exact) mass is 325 g/mol. The van der Waals surface area contributed by atoms with E-state index >= 15 is 0 Å². The van der Waals surface area contributed by atoms with Gasteiger partial charge in [-0.05, 0) is 26.1 Å². The van der Waals surface area contributed by atoms with E-state index in [1.54, 1.807) is 6.33 Å². The third kappa shape index (κ3) is 3.68. The van der Waals surface area contributed by atoms with Crippen molar-refractivity contribution in [2.75, 3.05) is 43.4 Å². The van der Waals surface area contributed by atoms with E-state index in [0.717, 1.165) is 48.9 Å². The molecule has 2 N–H and O–H groups in total. The number of hydrogen-bond acceptors (Lipinski definition) is 7. The lowest BCUT2D eigenvalue weighted by molar-refractivity contribution is 0.312. The van der Waals surface area contributed by atoms with Crippen LogP contribution in [0, 0.1) is 12.3 Å². The van der Waals surface area contributed by atoms with Gasteiger partial charge in [0.05, 0.1) is 17.8 Å². The Morgan fingerprint density at radius 1 is 1.21 bits per heavy atom. The van der Waals surface area contributed by atoms with Crippen LogP contribution >= 0.6 is 0 Å². The Bertz CT molecular complexity index is 708. The van der Waals surface area contributed by atoms with Crippen LogP contribution in [0.5, 0.6) is 0 Å². The molecule has 1 fully saturated rings. The van der Waals surface area contributed by atoms with Crippen molar-refractivity contribution in [3.63, 3.8) is 0 Å². The molecule has 0 unspecified atom stereocenters. The molecular formula is C17H23N7. The van der Waals surface area contributed by atoms with E-state index in [1.165, 1.54) is 6.21 Å². The van der Waals surface area contributed by atoms with Gasteiger partial charge in [0.1, 0.15) is 18.0 Å². The standard InChI is InChI=1S/C17H23N7/c1-13-4-3-5-14(22-13)11-19-16-15(10-18)17(21-12-20-16)24-8-6-23(2)7-9-24/h3-5,10,12,18H,6-9,11H2,1-2H3,(H,19,20,21). The number of pyridine rings is 1. The van der Waals surface area contributed by atoms with Crippen molar-refractivity contribution in [3.05, 3.63) is 41.5 Å². The van der Waals surface area contributed by atoms with E-state index in [0.29, 0.717) is 12.4 Å². The molecule has 0 spiro atoms. The number of aromatic nitrogens is 3. The molecule has 3 heterocycles. The lowest BCUT2D eigenvalue weighted by Gasteiger charge is -2.34. The first kappa shape index (κ1) is 16.3. The van der Waals surface area contributed by atoms with Crippen molar-refractivity contribution in [3.8, 4) is 0 Å². The molecule has 0 bridgehead atoms. The molecule has 2 aromatic rings. The smallest absolute Gasteiger partial charge is 0.143 e. The summed E-state index contributed by atoms with van der Waals surface area (Å²) in [5.41, 5.74) is 2.67. The third-order valence-corrected chi connectivity index (χ3v) is 4.19. The zero-order valence-corrected chi connectivity index (χ0v) is 14.2. The van der Waals surface area contributed by atoms with Gasteiger partial charge in [0.25, 0.3) is 0 Å². The summed E-state index contributed by atoms with van der Waals surface area (Å²) in [6, 6.07) is 5.95. The quantitative estimate of drug-likeness (QED) is 0.812. The normalized spacial score (nSPS) is 15.3. The van der Waals surface area contributed by atoms with Crippen molar-refractivity contribution in [2.24, 2.45) is 0 Å². The van der Waals surface area contributed by atoms with E-state index in [2.05, 4.69) is 37.1 Å². The molecule has 0 aromatic carbocycles. The summed E-state index contributed by atoms with van der Waals surface area (Å²) in [4.78, 5) is 17.7. The molecule has 0 radical (unpaired) electrons. The summed E-state index contributed by atoms with van der Waals surface area (Å²) in [6.07, 6.45) is 2.90. The van der Waals surface area contributed by atoms with Crippen molar-refractivity contribution in [1.82, 2.24) is 19.9 Å². The third-order valence-electron chi connectivity index (χ3n) is 4.19. The van der Waals surface area contributed by atoms with Crippen LogP contribution in [-0.4, -0.2) is 59.3 Å². The zero-order chi connectivity index (χ0) is 16.9. The van der Waals surface area contributed by atoms with Crippen molar-refractivity contribution in [1.29, 1.82) is 5.41 Å². The summed E-state index contributed by atoms with van der Waals surface area (Å²) in [6.45, 7) is 6.36. The van der Waals surface area contributed by atoms with Gasteiger partial charge in [0.2, 0.25) is 0 Å². The molecule has 7 nitrogen and oxygen atoms in total. The maximum absolute atomic E-state index is 7.80. The van der Waals surface area contributed by atoms with Gasteiger partial charge in [0.15, 0.2) is 0 Å². The number of anilines is 2. The van der Waals surface area contributed by atoms with Crippen molar-refractivity contribution >= 4 is 17.9 Å². The van der Waals surface area contributed by atoms with Gasteiger partial charge in [-0.15, -0.1) is 0 Å². The van der Waals surface area contributed by atoms with E-state index < -0.39 is 0 Å². The van der Waals surface area contributed by atoms with Gasteiger partial charge < -0.3 is 20.5 Å². The topological polar surface area (TPSA) is 81.0 Å². The van der Waals surface area contributed by atoms with E-state index in [1.807, 2.05) is 25.1 Å². The number of piperazine rings is 1. The highest BCUT2D eigenvalue weighted by atomic mass is 15.3. The number of hydrogen-bond donors (Lipinski definition) is 2. The molecule has 0 atom stereocenters. The largest absolute Gasteiger partial charge is 0.364 e. The van der Waals surface area contributed by atoms with E-state index in [-0.39, 0.29) is 0 Å². The van der Waals surface area contributed by atoms with Gasteiger partial charge in [0, 0.05) is 38.1 Å². The maximum atomic E-state index is 7.80. The van der Waals surface area contributed by atoms with E-state index in [4.69, 9.17) is 5.41 Å². The number of nitrogens with zero attached hydrogens (tertiary/aromatic N) is 5. The zero-order valence-electron chi connectivity index (χ0n) is 14.2. The summed E-state index contributed by atoms with van der Waals surface area (Å²) in [5.74, 6) is 1.50. The van der Waals surface area contributed by atoms with Crippen molar-refractivity contribution < 1.29 is 0 Å². The molecule has 126 valence electrons. The molecule has 24 heavy (non-hydrogen) atoms. The van der Waals surface area contributed by atoms with Crippen LogP contribution in [0.15, 0.2) is 24.5 Å². The SMILES string of the molecule is Cc1cccc(CNc2ncnc(N3CCN(C)CC3)c2C=N)n1. The Hall–Kier alpha value is -2.54. The van der Waals surface area contributed by atoms with Gasteiger partial charge in [-0.1, -0.05) is 6.07 Å². The molecular weight excluding hydrogens is 302 g/mol. The predicted molar refractivity (Wildman–Crippen MR) is 95.9 cm³/mol. The van der Waals surface area contributed by atoms with Gasteiger partial charge in [-0.25, -0.2) is 9.97 Å². The second-order valence-corrected chi connectivity index (χ2v) is 6.02. The Labute approximate surface area is 142 Å². The summed E-state index contributed by atoms with van der Waals surface area (Å²) < 4.78 is 0. The van der Waals surface area contributed by atoms with Gasteiger partial charge in [-0.2, -0.15) is 0 Å². The lowest BCUT2D eigenvalue weighted by Crippen LogP contribution is -2.45. The first-order chi connectivity index (χ1) is 11.7. The highest BCUT2D eigenvalue weighted by Gasteiger charge is 2.19. The number of likely N-dealkylation sites (N-methyl/N-ethyl adjacent to an activating group) is 1. The highest BCUT2D eigenvalue weighted by molar-refractivity contribution is 5.90. The second kappa shape index (κ2) is 7.35. The lowest BCUT2D eigenvalue weighted by atomic mass is 10.2. The van der Waals surface area contributed by atoms with Crippen LogP contribution in [0.2, 0.25) is 0 Å². The summed E-state index contributed by atoms with van der Waals surface area (Å²) >= 11 is 0. The second-order valence-electron chi connectivity index (χ2n) is 6.02. The molecule has 3 rings (SSSR count). The minimum Gasteiger partial charge on any atom is -0.364 e. The summed E-state index contributed by atoms with van der Waals surface area (Å²) in [5, 5.41) is 11.1. The highest BCUT2D eigenvalue weighted by Crippen LogP contribution is 2.22. The molecule has 0 amide bonds. The molecule has 1 aliphatic rings. The fourth-order valence-electron chi connectivity index (χ4n) is 2.80. The number of aryl methyl sites for hydroxylation is 1. The first-order valence-corrected chi connectivity index (χ1v) is 8.13. The summed E-state index contributed by atoms with van der Waals surface area (Å²) in [7, 11) is 2.12. The molecule has 1 aliphatic heterocycles. The van der Waals surface area contributed by atoms with Gasteiger partial charge >= 0.3 is 0 Å². The van der Waals surface area contributed by atoms with Crippen LogP contribution < -0.4 is 10.2 Å². The Morgan fingerprint density at radius 2 is 2.00 bits per heavy atom. The molecule has 2 aromatic heterocycles. The van der Waals surface area contributed by atoms with Crippen molar-refractivity contribution in [2.45, 2.75) is 13.5 Å². The molecule has 0 saturated carbocycles. The van der Waals surface area contributed by atoms with Crippen LogP contribution in [0.25, 0.3) is 0 Å². The minimum absolute atomic E-state index is 0.571.